The summed E-state index contributed by atoms with van der Waals surface area (Å²) in [6, 6.07) is 3.18. The smallest absolute Gasteiger partial charge is 0.235 e. The summed E-state index contributed by atoms with van der Waals surface area (Å²) in [4.78, 5) is 3.49. The van der Waals surface area contributed by atoms with Crippen LogP contribution in [0.15, 0.2) is 10.5 Å². The number of alkyl halides is 2. The normalized spacial score (nSPS) is 10.3. The molecule has 0 aliphatic heterocycles. The number of nitriles is 1. The molecule has 1 heterocycles. The van der Waals surface area contributed by atoms with Crippen molar-refractivity contribution >= 4 is 27.5 Å². The van der Waals surface area contributed by atoms with E-state index in [0.717, 1.165) is 0 Å². The quantitative estimate of drug-likeness (QED) is 0.778. The van der Waals surface area contributed by atoms with Gasteiger partial charge in [0.05, 0.1) is 12.5 Å². The van der Waals surface area contributed by atoms with Crippen LogP contribution >= 0.6 is 27.5 Å². The molecule has 0 saturated heterocycles. The third-order valence-corrected chi connectivity index (χ3v) is 2.43. The minimum absolute atomic E-state index is 0.0196. The lowest BCUT2D eigenvalue weighted by molar-refractivity contribution is 0.145. The molecule has 0 bridgehead atoms. The van der Waals surface area contributed by atoms with Gasteiger partial charge in [-0.2, -0.15) is 5.26 Å². The Morgan fingerprint density at radius 3 is 2.79 bits per heavy atom. The molecule has 2 nitrogen and oxygen atoms in total. The average molecular weight is 281 g/mol. The minimum atomic E-state index is -2.73. The second-order valence-corrected chi connectivity index (χ2v) is 3.67. The summed E-state index contributed by atoms with van der Waals surface area (Å²) in [5, 5.41) is 8.42. The van der Waals surface area contributed by atoms with Gasteiger partial charge in [0.25, 0.3) is 6.43 Å². The van der Waals surface area contributed by atoms with Crippen molar-refractivity contribution in [2.75, 3.05) is 0 Å². The summed E-state index contributed by atoms with van der Waals surface area (Å²) in [5.41, 5.74) is -0.252. The van der Waals surface area contributed by atoms with E-state index < -0.39 is 12.1 Å². The largest absolute Gasteiger partial charge is 0.280 e. The average Bonchev–Trinajstić information content (AvgIpc) is 2.09. The summed E-state index contributed by atoms with van der Waals surface area (Å²) < 4.78 is 25.3. The molecular formula is C8H4BrClF2N2. The first-order valence-electron chi connectivity index (χ1n) is 3.56. The number of hydrogen-bond acceptors (Lipinski definition) is 2. The fourth-order valence-electron chi connectivity index (χ4n) is 0.963. The van der Waals surface area contributed by atoms with Crippen molar-refractivity contribution in [2.24, 2.45) is 0 Å². The summed E-state index contributed by atoms with van der Waals surface area (Å²) in [7, 11) is 0. The molecule has 0 atom stereocenters. The van der Waals surface area contributed by atoms with E-state index >= 15 is 0 Å². The van der Waals surface area contributed by atoms with Gasteiger partial charge in [0.1, 0.15) is 10.8 Å². The van der Waals surface area contributed by atoms with Gasteiger partial charge in [0, 0.05) is 10.0 Å². The van der Waals surface area contributed by atoms with Crippen molar-refractivity contribution in [2.45, 2.75) is 12.8 Å². The van der Waals surface area contributed by atoms with E-state index in [1.807, 2.05) is 0 Å². The second-order valence-electron chi connectivity index (χ2n) is 2.43. The predicted molar refractivity (Wildman–Crippen MR) is 51.2 cm³/mol. The molecule has 6 heteroatoms. The molecule has 0 spiro atoms. The fraction of sp³-hybridized carbons (Fsp3) is 0.250. The zero-order valence-corrected chi connectivity index (χ0v) is 9.11. The molecule has 1 rings (SSSR count). The molecule has 0 unspecified atom stereocenters. The van der Waals surface area contributed by atoms with Gasteiger partial charge in [-0.05, 0) is 6.07 Å². The lowest BCUT2D eigenvalue weighted by Crippen LogP contribution is -1.99. The Bertz CT molecular complexity index is 390. The molecule has 0 N–H and O–H groups in total. The van der Waals surface area contributed by atoms with Crippen molar-refractivity contribution in [1.29, 1.82) is 5.26 Å². The summed E-state index contributed by atoms with van der Waals surface area (Å²) >= 11 is 8.57. The Kier molecular flexibility index (Phi) is 3.78. The van der Waals surface area contributed by atoms with Crippen LogP contribution < -0.4 is 0 Å². The molecule has 0 aliphatic carbocycles. The van der Waals surface area contributed by atoms with Crippen LogP contribution in [0.25, 0.3) is 0 Å². The van der Waals surface area contributed by atoms with Crippen LogP contribution in [0.2, 0.25) is 5.15 Å². The van der Waals surface area contributed by atoms with Crippen LogP contribution in [0.5, 0.6) is 0 Å². The maximum absolute atomic E-state index is 12.5. The van der Waals surface area contributed by atoms with E-state index in [-0.39, 0.29) is 17.1 Å². The van der Waals surface area contributed by atoms with Gasteiger partial charge in [-0.15, -0.1) is 0 Å². The van der Waals surface area contributed by atoms with Crippen LogP contribution in [-0.2, 0) is 6.42 Å². The Hall–Kier alpha value is -0.730. The van der Waals surface area contributed by atoms with Crippen LogP contribution in [0.3, 0.4) is 0 Å². The molecule has 74 valence electrons. The Labute approximate surface area is 92.6 Å². The maximum Gasteiger partial charge on any atom is 0.280 e. The monoisotopic (exact) mass is 280 g/mol. The first-order chi connectivity index (χ1) is 6.56. The Balaban J connectivity index is 3.30. The van der Waals surface area contributed by atoms with Crippen LogP contribution in [0.4, 0.5) is 8.78 Å². The highest BCUT2D eigenvalue weighted by atomic mass is 79.9. The molecular weight excluding hydrogens is 277 g/mol. The molecule has 0 radical (unpaired) electrons. The number of hydrogen-bond donors (Lipinski definition) is 0. The van der Waals surface area contributed by atoms with E-state index in [9.17, 15) is 8.78 Å². The first kappa shape index (κ1) is 11.3. The maximum atomic E-state index is 12.5. The third-order valence-electron chi connectivity index (χ3n) is 1.53. The molecule has 0 amide bonds. The summed E-state index contributed by atoms with van der Waals surface area (Å²) in [6.45, 7) is 0. The fourth-order valence-corrected chi connectivity index (χ4v) is 1.86. The first-order valence-corrected chi connectivity index (χ1v) is 4.73. The number of rotatable bonds is 2. The lowest BCUT2D eigenvalue weighted by Gasteiger charge is -2.07. The van der Waals surface area contributed by atoms with E-state index in [2.05, 4.69) is 20.9 Å². The zero-order valence-electron chi connectivity index (χ0n) is 6.77. The molecule has 0 saturated carbocycles. The highest BCUT2D eigenvalue weighted by molar-refractivity contribution is 9.10. The van der Waals surface area contributed by atoms with Crippen molar-refractivity contribution in [1.82, 2.24) is 4.98 Å². The standard InChI is InChI=1S/C8H4BrClF2N2/c9-5-3-6(10)14-7(8(11)12)4(5)1-2-13/h3,8H,1H2. The second kappa shape index (κ2) is 4.67. The number of nitrogens with zero attached hydrogens (tertiary/aromatic N) is 2. The van der Waals surface area contributed by atoms with E-state index in [4.69, 9.17) is 16.9 Å². The molecule has 14 heavy (non-hydrogen) atoms. The summed E-state index contributed by atoms with van der Waals surface area (Å²) in [6.07, 6.45) is -2.85. The van der Waals surface area contributed by atoms with Crippen LogP contribution in [-0.4, -0.2) is 4.98 Å². The Morgan fingerprint density at radius 1 is 1.64 bits per heavy atom. The van der Waals surface area contributed by atoms with Crippen molar-refractivity contribution in [3.63, 3.8) is 0 Å². The lowest BCUT2D eigenvalue weighted by atomic mass is 10.1. The molecule has 1 aromatic rings. The Morgan fingerprint density at radius 2 is 2.29 bits per heavy atom. The van der Waals surface area contributed by atoms with Crippen molar-refractivity contribution in [3.8, 4) is 6.07 Å². The predicted octanol–water partition coefficient (Wildman–Crippen LogP) is 3.50. The van der Waals surface area contributed by atoms with Crippen molar-refractivity contribution < 1.29 is 8.78 Å². The number of halogens is 4. The number of aromatic nitrogens is 1. The SMILES string of the molecule is N#CCc1c(Br)cc(Cl)nc1C(F)F. The van der Waals surface area contributed by atoms with Gasteiger partial charge >= 0.3 is 0 Å². The number of pyridine rings is 1. The third kappa shape index (κ3) is 2.40. The van der Waals surface area contributed by atoms with Crippen LogP contribution in [0.1, 0.15) is 17.7 Å². The van der Waals surface area contributed by atoms with Gasteiger partial charge in [0.2, 0.25) is 0 Å². The molecule has 1 aromatic heterocycles. The van der Waals surface area contributed by atoms with E-state index in [0.29, 0.717) is 4.47 Å². The van der Waals surface area contributed by atoms with Gasteiger partial charge in [-0.1, -0.05) is 27.5 Å². The van der Waals surface area contributed by atoms with Gasteiger partial charge in [-0.3, -0.25) is 0 Å². The highest BCUT2D eigenvalue weighted by Gasteiger charge is 2.18. The topological polar surface area (TPSA) is 36.7 Å². The van der Waals surface area contributed by atoms with Crippen LogP contribution in [0, 0.1) is 11.3 Å². The van der Waals surface area contributed by atoms with Gasteiger partial charge < -0.3 is 0 Å². The van der Waals surface area contributed by atoms with E-state index in [1.165, 1.54) is 6.07 Å². The molecule has 0 fully saturated rings. The molecule has 0 aliphatic rings. The van der Waals surface area contributed by atoms with Gasteiger partial charge in [0.15, 0.2) is 0 Å². The zero-order chi connectivity index (χ0) is 10.7. The summed E-state index contributed by atoms with van der Waals surface area (Å²) in [5.74, 6) is 0. The van der Waals surface area contributed by atoms with Crippen molar-refractivity contribution in [3.05, 3.63) is 26.9 Å². The molecule has 0 aromatic carbocycles. The van der Waals surface area contributed by atoms with E-state index in [1.54, 1.807) is 6.07 Å². The van der Waals surface area contributed by atoms with Gasteiger partial charge in [-0.25, -0.2) is 13.8 Å². The highest BCUT2D eigenvalue weighted by Crippen LogP contribution is 2.29. The minimum Gasteiger partial charge on any atom is -0.235 e.